The van der Waals surface area contributed by atoms with Crippen LogP contribution in [0.5, 0.6) is 0 Å². The third kappa shape index (κ3) is 4.13. The number of pyridine rings is 1. The molecule has 0 atom stereocenters. The standard InChI is InChI=1S/C24H22ClFN4O/c25-19-3-6-23-22(12-19)28-24(31)30(23)21-7-9-29(10-8-21)15-16-11-18(14-27-13-16)17-1-4-20(26)5-2-17/h1-6,11-14,21H,7-10,15H2,(H,28,31). The van der Waals surface area contributed by atoms with Crippen LogP contribution in [0.1, 0.15) is 24.4 Å². The van der Waals surface area contributed by atoms with E-state index in [-0.39, 0.29) is 17.5 Å². The Labute approximate surface area is 184 Å². The van der Waals surface area contributed by atoms with Gasteiger partial charge in [0.2, 0.25) is 0 Å². The molecular formula is C24H22ClFN4O. The van der Waals surface area contributed by atoms with Crippen LogP contribution in [0.2, 0.25) is 5.02 Å². The summed E-state index contributed by atoms with van der Waals surface area (Å²) in [6.45, 7) is 2.60. The minimum Gasteiger partial charge on any atom is -0.305 e. The van der Waals surface area contributed by atoms with Crippen LogP contribution in [0.3, 0.4) is 0 Å². The zero-order valence-electron chi connectivity index (χ0n) is 16.9. The average Bonchev–Trinajstić information content (AvgIpc) is 3.10. The van der Waals surface area contributed by atoms with Crippen molar-refractivity contribution < 1.29 is 4.39 Å². The summed E-state index contributed by atoms with van der Waals surface area (Å²) in [4.78, 5) is 22.2. The second-order valence-electron chi connectivity index (χ2n) is 8.06. The second kappa shape index (κ2) is 8.29. The average molecular weight is 437 g/mol. The predicted octanol–water partition coefficient (Wildman–Crippen LogP) is 5.02. The lowest BCUT2D eigenvalue weighted by molar-refractivity contribution is 0.180. The van der Waals surface area contributed by atoms with E-state index in [0.29, 0.717) is 5.02 Å². The minimum absolute atomic E-state index is 0.0769. The second-order valence-corrected chi connectivity index (χ2v) is 8.49. The van der Waals surface area contributed by atoms with Crippen molar-refractivity contribution in [3.8, 4) is 11.1 Å². The van der Waals surface area contributed by atoms with Gasteiger partial charge in [-0.15, -0.1) is 0 Å². The maximum atomic E-state index is 13.2. The van der Waals surface area contributed by atoms with Crippen LogP contribution in [0.15, 0.2) is 65.7 Å². The molecule has 2 aromatic carbocycles. The molecule has 5 nitrogen and oxygen atoms in total. The highest BCUT2D eigenvalue weighted by molar-refractivity contribution is 6.31. The molecule has 0 spiro atoms. The highest BCUT2D eigenvalue weighted by Crippen LogP contribution is 2.27. The summed E-state index contributed by atoms with van der Waals surface area (Å²) in [6.07, 6.45) is 5.49. The molecule has 0 radical (unpaired) electrons. The summed E-state index contributed by atoms with van der Waals surface area (Å²) in [5.41, 5.74) is 4.67. The lowest BCUT2D eigenvalue weighted by atomic mass is 10.0. The van der Waals surface area contributed by atoms with Gasteiger partial charge in [0, 0.05) is 48.7 Å². The first-order valence-corrected chi connectivity index (χ1v) is 10.8. The number of nitrogens with one attached hydrogen (secondary N) is 1. The van der Waals surface area contributed by atoms with Crippen LogP contribution in [-0.2, 0) is 6.54 Å². The number of imidazole rings is 1. The molecule has 1 saturated heterocycles. The smallest absolute Gasteiger partial charge is 0.305 e. The molecule has 0 saturated carbocycles. The van der Waals surface area contributed by atoms with Crippen LogP contribution >= 0.6 is 11.6 Å². The highest BCUT2D eigenvalue weighted by Gasteiger charge is 2.23. The van der Waals surface area contributed by atoms with Crippen molar-refractivity contribution in [1.29, 1.82) is 0 Å². The topological polar surface area (TPSA) is 53.9 Å². The SMILES string of the molecule is O=c1[nH]c2cc(Cl)ccc2n1C1CCN(Cc2cncc(-c3ccc(F)cc3)c2)CC1. The van der Waals surface area contributed by atoms with E-state index >= 15 is 0 Å². The fraction of sp³-hybridized carbons (Fsp3) is 0.250. The normalized spacial score (nSPS) is 15.5. The predicted molar refractivity (Wildman–Crippen MR) is 121 cm³/mol. The van der Waals surface area contributed by atoms with Gasteiger partial charge >= 0.3 is 5.69 Å². The van der Waals surface area contributed by atoms with Crippen molar-refractivity contribution in [3.63, 3.8) is 0 Å². The number of aromatic nitrogens is 3. The number of halogens is 2. The van der Waals surface area contributed by atoms with E-state index in [2.05, 4.69) is 20.9 Å². The van der Waals surface area contributed by atoms with Gasteiger partial charge in [-0.25, -0.2) is 9.18 Å². The fourth-order valence-corrected chi connectivity index (χ4v) is 4.61. The van der Waals surface area contributed by atoms with Crippen LogP contribution in [0.25, 0.3) is 22.2 Å². The molecule has 4 aromatic rings. The molecule has 1 fully saturated rings. The van der Waals surface area contributed by atoms with Gasteiger partial charge in [-0.1, -0.05) is 23.7 Å². The van der Waals surface area contributed by atoms with Gasteiger partial charge in [-0.05, 0) is 60.4 Å². The summed E-state index contributed by atoms with van der Waals surface area (Å²) in [5, 5.41) is 0.618. The molecule has 0 amide bonds. The third-order valence-corrected chi connectivity index (χ3v) is 6.21. The Hall–Kier alpha value is -2.96. The summed E-state index contributed by atoms with van der Waals surface area (Å²) in [7, 11) is 0. The van der Waals surface area contributed by atoms with E-state index in [1.54, 1.807) is 24.4 Å². The Morgan fingerprint density at radius 1 is 1.03 bits per heavy atom. The Morgan fingerprint density at radius 3 is 2.58 bits per heavy atom. The zero-order valence-corrected chi connectivity index (χ0v) is 17.6. The summed E-state index contributed by atoms with van der Waals surface area (Å²) < 4.78 is 15.1. The molecular weight excluding hydrogens is 415 g/mol. The van der Waals surface area contributed by atoms with Crippen LogP contribution in [0, 0.1) is 5.82 Å². The Kier molecular flexibility index (Phi) is 5.34. The van der Waals surface area contributed by atoms with Gasteiger partial charge < -0.3 is 4.98 Å². The molecule has 1 aliphatic rings. The number of aromatic amines is 1. The number of likely N-dealkylation sites (tertiary alicyclic amines) is 1. The van der Waals surface area contributed by atoms with Gasteiger partial charge in [-0.3, -0.25) is 14.5 Å². The molecule has 1 N–H and O–H groups in total. The molecule has 2 aromatic heterocycles. The lowest BCUT2D eigenvalue weighted by Gasteiger charge is -2.32. The van der Waals surface area contributed by atoms with Crippen molar-refractivity contribution in [2.45, 2.75) is 25.4 Å². The minimum atomic E-state index is -0.242. The number of fused-ring (bicyclic) bond motifs is 1. The van der Waals surface area contributed by atoms with Crippen LogP contribution in [-0.4, -0.2) is 32.5 Å². The van der Waals surface area contributed by atoms with E-state index in [1.807, 2.05) is 22.9 Å². The molecule has 31 heavy (non-hydrogen) atoms. The van der Waals surface area contributed by atoms with Crippen molar-refractivity contribution >= 4 is 22.6 Å². The Balaban J connectivity index is 1.28. The summed E-state index contributed by atoms with van der Waals surface area (Å²) >= 11 is 6.06. The molecule has 0 unspecified atom stereocenters. The summed E-state index contributed by atoms with van der Waals surface area (Å²) in [5.74, 6) is -0.242. The first kappa shape index (κ1) is 20.0. The first-order valence-electron chi connectivity index (χ1n) is 10.4. The monoisotopic (exact) mass is 436 g/mol. The summed E-state index contributed by atoms with van der Waals surface area (Å²) in [6, 6.07) is 14.3. The van der Waals surface area contributed by atoms with Crippen LogP contribution in [0.4, 0.5) is 4.39 Å². The van der Waals surface area contributed by atoms with Gasteiger partial charge in [0.1, 0.15) is 5.82 Å². The number of H-pyrrole nitrogens is 1. The molecule has 0 aliphatic carbocycles. The van der Waals surface area contributed by atoms with E-state index in [1.165, 1.54) is 12.1 Å². The first-order chi connectivity index (χ1) is 15.1. The van der Waals surface area contributed by atoms with E-state index in [9.17, 15) is 9.18 Å². The van der Waals surface area contributed by atoms with E-state index in [4.69, 9.17) is 11.6 Å². The number of rotatable bonds is 4. The maximum Gasteiger partial charge on any atom is 0.326 e. The number of nitrogens with zero attached hydrogens (tertiary/aromatic N) is 3. The van der Waals surface area contributed by atoms with Gasteiger partial charge in [-0.2, -0.15) is 0 Å². The molecule has 3 heterocycles. The van der Waals surface area contributed by atoms with Gasteiger partial charge in [0.25, 0.3) is 0 Å². The van der Waals surface area contributed by atoms with E-state index < -0.39 is 0 Å². The molecule has 1 aliphatic heterocycles. The lowest BCUT2D eigenvalue weighted by Crippen LogP contribution is -2.36. The molecule has 158 valence electrons. The molecule has 5 rings (SSSR count). The van der Waals surface area contributed by atoms with Crippen LogP contribution < -0.4 is 5.69 Å². The van der Waals surface area contributed by atoms with Gasteiger partial charge in [0.15, 0.2) is 0 Å². The number of benzene rings is 2. The number of piperidine rings is 1. The van der Waals surface area contributed by atoms with E-state index in [0.717, 1.165) is 60.2 Å². The maximum absolute atomic E-state index is 13.2. The highest BCUT2D eigenvalue weighted by atomic mass is 35.5. The molecule has 7 heteroatoms. The zero-order chi connectivity index (χ0) is 21.4. The fourth-order valence-electron chi connectivity index (χ4n) is 4.43. The number of hydrogen-bond donors (Lipinski definition) is 1. The van der Waals surface area contributed by atoms with Crippen molar-refractivity contribution in [3.05, 3.63) is 87.8 Å². The van der Waals surface area contributed by atoms with Crippen molar-refractivity contribution in [2.24, 2.45) is 0 Å². The van der Waals surface area contributed by atoms with Crippen molar-refractivity contribution in [1.82, 2.24) is 19.4 Å². The molecule has 0 bridgehead atoms. The third-order valence-electron chi connectivity index (χ3n) is 5.98. The van der Waals surface area contributed by atoms with Gasteiger partial charge in [0.05, 0.1) is 11.0 Å². The largest absolute Gasteiger partial charge is 0.326 e. The quantitative estimate of drug-likeness (QED) is 0.488. The Bertz CT molecular complexity index is 1270. The Morgan fingerprint density at radius 2 is 1.81 bits per heavy atom. The van der Waals surface area contributed by atoms with Crippen molar-refractivity contribution in [2.75, 3.05) is 13.1 Å². The number of hydrogen-bond acceptors (Lipinski definition) is 3.